The van der Waals surface area contributed by atoms with Crippen LogP contribution in [-0.4, -0.2) is 19.3 Å². The predicted molar refractivity (Wildman–Crippen MR) is 48.7 cm³/mol. The third-order valence-electron chi connectivity index (χ3n) is 1.91. The van der Waals surface area contributed by atoms with Gasteiger partial charge in [0.2, 0.25) is 0 Å². The second kappa shape index (κ2) is 5.01. The summed E-state index contributed by atoms with van der Waals surface area (Å²) in [7, 11) is 0. The van der Waals surface area contributed by atoms with Crippen LogP contribution in [0.5, 0.6) is 11.5 Å². The quantitative estimate of drug-likeness (QED) is 0.763. The summed E-state index contributed by atoms with van der Waals surface area (Å²) in [5.41, 5.74) is 6.26. The van der Waals surface area contributed by atoms with E-state index >= 15 is 0 Å². The second-order valence-corrected chi connectivity index (χ2v) is 2.96. The maximum absolute atomic E-state index is 5.52. The van der Waals surface area contributed by atoms with Gasteiger partial charge in [-0.3, -0.25) is 6.07 Å². The van der Waals surface area contributed by atoms with Crippen LogP contribution in [0.1, 0.15) is 5.56 Å². The molecule has 1 radical (unpaired) electrons. The van der Waals surface area contributed by atoms with E-state index in [1.807, 2.05) is 12.1 Å². The van der Waals surface area contributed by atoms with Crippen LogP contribution < -0.4 is 15.2 Å². The molecular formula is C10H11NO2Y-2. The average Bonchev–Trinajstić information content (AvgIpc) is 2.16. The molecule has 4 heteroatoms. The minimum absolute atomic E-state index is 0. The van der Waals surface area contributed by atoms with Crippen molar-refractivity contribution in [3.05, 3.63) is 30.7 Å². The normalized spacial score (nSPS) is 18.5. The third kappa shape index (κ3) is 2.41. The monoisotopic (exact) mass is 266 g/mol. The Morgan fingerprint density at radius 1 is 1.57 bits per heavy atom. The van der Waals surface area contributed by atoms with Crippen molar-refractivity contribution >= 4 is 0 Å². The van der Waals surface area contributed by atoms with Gasteiger partial charge in [-0.2, -0.15) is 0 Å². The molecular weight excluding hydrogens is 255 g/mol. The van der Waals surface area contributed by atoms with Gasteiger partial charge in [0.1, 0.15) is 18.5 Å². The van der Waals surface area contributed by atoms with Gasteiger partial charge < -0.3 is 33.8 Å². The fourth-order valence-electron chi connectivity index (χ4n) is 1.20. The first-order chi connectivity index (χ1) is 6.29. The largest absolute Gasteiger partial charge is 0.508 e. The molecule has 14 heavy (non-hydrogen) atoms. The predicted octanol–water partition coefficient (Wildman–Crippen LogP) is 0.765. The first-order valence-electron chi connectivity index (χ1n) is 4.17. The zero-order valence-corrected chi connectivity index (χ0v) is 10.7. The standard InChI is InChI=1S/C10H11NO2.Y/c1-7-2-3-9-10(4-7)13-8(5-11)6-12-9;/h2-3,8H,1,5-6,11H2;/q-2;. The fraction of sp³-hybridized carbons (Fsp3) is 0.300. The molecule has 1 heterocycles. The molecule has 0 spiro atoms. The molecule has 1 atom stereocenters. The summed E-state index contributed by atoms with van der Waals surface area (Å²) < 4.78 is 10.9. The number of hydrogen-bond donors (Lipinski definition) is 1. The summed E-state index contributed by atoms with van der Waals surface area (Å²) >= 11 is 0. The van der Waals surface area contributed by atoms with Crippen LogP contribution >= 0.6 is 0 Å². The summed E-state index contributed by atoms with van der Waals surface area (Å²) in [6.45, 7) is 4.72. The Morgan fingerprint density at radius 3 is 3.07 bits per heavy atom. The first-order valence-corrected chi connectivity index (χ1v) is 4.17. The second-order valence-electron chi connectivity index (χ2n) is 2.96. The molecule has 2 N–H and O–H groups in total. The van der Waals surface area contributed by atoms with Crippen molar-refractivity contribution in [2.24, 2.45) is 5.73 Å². The van der Waals surface area contributed by atoms with Crippen molar-refractivity contribution in [3.8, 4) is 11.5 Å². The van der Waals surface area contributed by atoms with Gasteiger partial charge in [0.05, 0.1) is 0 Å². The fourth-order valence-corrected chi connectivity index (χ4v) is 1.20. The Balaban J connectivity index is 0.000000980. The Bertz CT molecular complexity index is 317. The van der Waals surface area contributed by atoms with Crippen LogP contribution in [0.3, 0.4) is 0 Å². The third-order valence-corrected chi connectivity index (χ3v) is 1.91. The molecule has 1 unspecified atom stereocenters. The maximum atomic E-state index is 5.52. The van der Waals surface area contributed by atoms with Crippen LogP contribution in [0, 0.1) is 13.0 Å². The number of rotatable bonds is 1. The molecule has 1 aliphatic heterocycles. The van der Waals surface area contributed by atoms with Crippen LogP contribution in [0.4, 0.5) is 0 Å². The zero-order valence-electron chi connectivity index (χ0n) is 7.82. The van der Waals surface area contributed by atoms with E-state index < -0.39 is 0 Å². The molecule has 0 aliphatic carbocycles. The van der Waals surface area contributed by atoms with Gasteiger partial charge in [-0.05, 0) is 0 Å². The van der Waals surface area contributed by atoms with E-state index in [0.717, 1.165) is 11.3 Å². The smallest absolute Gasteiger partial charge is 0.142 e. The van der Waals surface area contributed by atoms with Crippen LogP contribution in [0.25, 0.3) is 0 Å². The molecule has 0 amide bonds. The molecule has 1 aliphatic rings. The summed E-state index contributed by atoms with van der Waals surface area (Å²) in [4.78, 5) is 0. The number of fused-ring (bicyclic) bond motifs is 1. The molecule has 0 aromatic heterocycles. The van der Waals surface area contributed by atoms with E-state index in [1.165, 1.54) is 0 Å². The summed E-state index contributed by atoms with van der Waals surface area (Å²) in [6.07, 6.45) is -0.0643. The molecule has 3 nitrogen and oxygen atoms in total. The van der Waals surface area contributed by atoms with Gasteiger partial charge >= 0.3 is 0 Å². The summed E-state index contributed by atoms with van der Waals surface area (Å²) in [6, 6.07) is 6.65. The van der Waals surface area contributed by atoms with Crippen molar-refractivity contribution < 1.29 is 42.2 Å². The minimum atomic E-state index is -0.0643. The summed E-state index contributed by atoms with van der Waals surface area (Å²) in [5, 5.41) is 0. The van der Waals surface area contributed by atoms with Gasteiger partial charge in [-0.15, -0.1) is 6.07 Å². The Morgan fingerprint density at radius 2 is 2.36 bits per heavy atom. The Kier molecular flexibility index (Phi) is 4.23. The molecule has 1 aromatic carbocycles. The van der Waals surface area contributed by atoms with E-state index in [0.29, 0.717) is 18.9 Å². The molecule has 0 fully saturated rings. The molecule has 73 valence electrons. The van der Waals surface area contributed by atoms with Crippen LogP contribution in [0.2, 0.25) is 0 Å². The van der Waals surface area contributed by atoms with Crippen molar-refractivity contribution in [2.75, 3.05) is 13.2 Å². The molecule has 2 rings (SSSR count). The minimum Gasteiger partial charge on any atom is -0.508 e. The van der Waals surface area contributed by atoms with Gasteiger partial charge in [0.25, 0.3) is 0 Å². The molecule has 1 aromatic rings. The van der Waals surface area contributed by atoms with Crippen molar-refractivity contribution in [1.29, 1.82) is 0 Å². The van der Waals surface area contributed by atoms with E-state index in [1.54, 1.807) is 0 Å². The van der Waals surface area contributed by atoms with Crippen LogP contribution in [0.15, 0.2) is 12.1 Å². The molecule has 0 saturated heterocycles. The number of benzene rings is 1. The van der Waals surface area contributed by atoms with Crippen molar-refractivity contribution in [3.63, 3.8) is 0 Å². The number of nitrogens with two attached hydrogens (primary N) is 1. The molecule has 0 saturated carbocycles. The van der Waals surface area contributed by atoms with E-state index in [9.17, 15) is 0 Å². The van der Waals surface area contributed by atoms with Crippen LogP contribution in [-0.2, 0) is 32.7 Å². The van der Waals surface area contributed by atoms with Crippen molar-refractivity contribution in [2.45, 2.75) is 6.10 Å². The summed E-state index contributed by atoms with van der Waals surface area (Å²) in [5.74, 6) is 1.34. The maximum Gasteiger partial charge on any atom is 0.142 e. The SMILES string of the molecule is [CH2-]c1[c-]c2c(cc1)OCC(CN)O2.[Y]. The van der Waals surface area contributed by atoms with E-state index in [-0.39, 0.29) is 38.8 Å². The average molecular weight is 266 g/mol. The van der Waals surface area contributed by atoms with Gasteiger partial charge in [-0.1, -0.05) is 0 Å². The van der Waals surface area contributed by atoms with Gasteiger partial charge in [-0.25, -0.2) is 0 Å². The Hall–Kier alpha value is -0.246. The Labute approximate surface area is 109 Å². The van der Waals surface area contributed by atoms with Crippen molar-refractivity contribution in [1.82, 2.24) is 0 Å². The van der Waals surface area contributed by atoms with Gasteiger partial charge in [0.15, 0.2) is 0 Å². The molecule has 0 bridgehead atoms. The van der Waals surface area contributed by atoms with E-state index in [4.69, 9.17) is 15.2 Å². The number of hydrogen-bond acceptors (Lipinski definition) is 3. The zero-order chi connectivity index (χ0) is 9.26. The van der Waals surface area contributed by atoms with E-state index in [2.05, 4.69) is 13.0 Å². The van der Waals surface area contributed by atoms with Gasteiger partial charge in [0, 0.05) is 45.0 Å². The first kappa shape index (κ1) is 11.8. The topological polar surface area (TPSA) is 44.5 Å². The number of ether oxygens (including phenoxy) is 2.